The van der Waals surface area contributed by atoms with Crippen LogP contribution in [0.3, 0.4) is 0 Å². The summed E-state index contributed by atoms with van der Waals surface area (Å²) in [5.41, 5.74) is 1.46. The third-order valence-corrected chi connectivity index (χ3v) is 8.08. The van der Waals surface area contributed by atoms with Crippen molar-refractivity contribution in [2.45, 2.75) is 122 Å². The number of carboxylic acid groups (broad SMARTS) is 1. The molecule has 5 nitrogen and oxygen atoms in total. The highest BCUT2D eigenvalue weighted by molar-refractivity contribution is 5.70. The van der Waals surface area contributed by atoms with Crippen molar-refractivity contribution in [3.05, 3.63) is 11.6 Å². The van der Waals surface area contributed by atoms with Gasteiger partial charge in [0.25, 0.3) is 0 Å². The molecule has 5 atom stereocenters. The first-order valence-corrected chi connectivity index (χ1v) is 11.4. The highest BCUT2D eigenvalue weighted by atomic mass is 17.2. The van der Waals surface area contributed by atoms with Crippen molar-refractivity contribution < 1.29 is 24.4 Å². The van der Waals surface area contributed by atoms with Gasteiger partial charge in [-0.15, -0.1) is 0 Å². The second-order valence-electron chi connectivity index (χ2n) is 10.8. The number of ether oxygens (including phenoxy) is 1. The van der Waals surface area contributed by atoms with E-state index in [1.54, 1.807) is 6.92 Å². The summed E-state index contributed by atoms with van der Waals surface area (Å²) in [5.74, 6) is -1.38. The van der Waals surface area contributed by atoms with Gasteiger partial charge in [0.2, 0.25) is 0 Å². The van der Waals surface area contributed by atoms with E-state index in [0.717, 1.165) is 38.5 Å². The van der Waals surface area contributed by atoms with Crippen molar-refractivity contribution in [2.75, 3.05) is 0 Å². The lowest BCUT2D eigenvalue weighted by molar-refractivity contribution is -0.411. The molecular weight excluding hydrogens is 368 g/mol. The van der Waals surface area contributed by atoms with Gasteiger partial charge in [-0.25, -0.2) is 9.78 Å². The molecule has 1 N–H and O–H groups in total. The molecule has 2 unspecified atom stereocenters. The third kappa shape index (κ3) is 4.42. The summed E-state index contributed by atoms with van der Waals surface area (Å²) in [5, 5.41) is 9.13. The minimum absolute atomic E-state index is 0.0511. The first kappa shape index (κ1) is 22.8. The van der Waals surface area contributed by atoms with Crippen molar-refractivity contribution in [1.29, 1.82) is 0 Å². The molecule has 0 aromatic heterocycles. The molecule has 0 amide bonds. The molecule has 1 aliphatic carbocycles. The summed E-state index contributed by atoms with van der Waals surface area (Å²) in [7, 11) is 0. The van der Waals surface area contributed by atoms with Crippen molar-refractivity contribution >= 4 is 5.97 Å². The number of aliphatic carboxylic acids is 1. The summed E-state index contributed by atoms with van der Waals surface area (Å²) in [6, 6.07) is 0. The van der Waals surface area contributed by atoms with Gasteiger partial charge in [-0.2, -0.15) is 0 Å². The second kappa shape index (κ2) is 7.97. The Morgan fingerprint density at radius 3 is 2.48 bits per heavy atom. The zero-order valence-electron chi connectivity index (χ0n) is 19.2. The van der Waals surface area contributed by atoms with Gasteiger partial charge >= 0.3 is 5.97 Å². The third-order valence-electron chi connectivity index (χ3n) is 8.08. The van der Waals surface area contributed by atoms with Crippen LogP contribution >= 0.6 is 0 Å². The van der Waals surface area contributed by atoms with Crippen LogP contribution in [-0.4, -0.2) is 34.0 Å². The molecule has 2 saturated heterocycles. The molecule has 1 saturated carbocycles. The molecule has 166 valence electrons. The topological polar surface area (TPSA) is 68.3 Å². The molecule has 3 aliphatic rings. The Kier molecular flexibility index (Phi) is 6.26. The Morgan fingerprint density at radius 2 is 1.90 bits per heavy atom. The van der Waals surface area contributed by atoms with E-state index in [1.807, 2.05) is 0 Å². The van der Waals surface area contributed by atoms with Gasteiger partial charge in [0.1, 0.15) is 17.3 Å². The standard InChI is InChI=1S/C24H40O5/c1-17(10-16-24-21(3,4)12-8-14-23(24,6)28-24)9-7-13-22(5)15-11-19(27-29-22)18(2)20(25)26/h9,18-19H,7-8,10-16H2,1-6H3,(H,25,26)/t18-,19-,22-,23?,24?/m1/s1. The lowest BCUT2D eigenvalue weighted by atomic mass is 9.62. The Bertz CT molecular complexity index is 646. The van der Waals surface area contributed by atoms with Crippen molar-refractivity contribution in [2.24, 2.45) is 11.3 Å². The van der Waals surface area contributed by atoms with Crippen LogP contribution in [0.1, 0.15) is 99.3 Å². The fourth-order valence-electron chi connectivity index (χ4n) is 5.66. The molecular formula is C24H40O5. The van der Waals surface area contributed by atoms with Gasteiger partial charge < -0.3 is 9.84 Å². The van der Waals surface area contributed by atoms with Gasteiger partial charge in [0, 0.05) is 0 Å². The highest BCUT2D eigenvalue weighted by Crippen LogP contribution is 2.67. The van der Waals surface area contributed by atoms with Crippen LogP contribution in [-0.2, 0) is 19.3 Å². The maximum absolute atomic E-state index is 11.1. The Hall–Kier alpha value is -0.910. The van der Waals surface area contributed by atoms with Crippen LogP contribution in [0.4, 0.5) is 0 Å². The number of carbonyl (C=O) groups is 1. The smallest absolute Gasteiger partial charge is 0.308 e. The van der Waals surface area contributed by atoms with E-state index in [1.165, 1.54) is 24.8 Å². The highest BCUT2D eigenvalue weighted by Gasteiger charge is 2.73. The fourth-order valence-corrected chi connectivity index (χ4v) is 5.66. The van der Waals surface area contributed by atoms with E-state index in [-0.39, 0.29) is 28.3 Å². The molecule has 0 aromatic carbocycles. The minimum Gasteiger partial charge on any atom is -0.481 e. The molecule has 0 bridgehead atoms. The average Bonchev–Trinajstić information content (AvgIpc) is 3.27. The van der Waals surface area contributed by atoms with Crippen molar-refractivity contribution in [3.63, 3.8) is 0 Å². The van der Waals surface area contributed by atoms with Crippen LogP contribution in [0.15, 0.2) is 11.6 Å². The second-order valence-corrected chi connectivity index (χ2v) is 10.8. The van der Waals surface area contributed by atoms with Gasteiger partial charge in [0.05, 0.1) is 11.5 Å². The number of fused-ring (bicyclic) bond motifs is 1. The predicted molar refractivity (Wildman–Crippen MR) is 112 cm³/mol. The summed E-state index contributed by atoms with van der Waals surface area (Å²) in [6.45, 7) is 13.0. The van der Waals surface area contributed by atoms with E-state index >= 15 is 0 Å². The van der Waals surface area contributed by atoms with Crippen LogP contribution in [0.25, 0.3) is 0 Å². The molecule has 0 radical (unpaired) electrons. The van der Waals surface area contributed by atoms with Crippen LogP contribution in [0.5, 0.6) is 0 Å². The number of carboxylic acids is 1. The zero-order chi connectivity index (χ0) is 21.5. The van der Waals surface area contributed by atoms with E-state index < -0.39 is 11.9 Å². The van der Waals surface area contributed by atoms with E-state index in [9.17, 15) is 4.79 Å². The summed E-state index contributed by atoms with van der Waals surface area (Å²) < 4.78 is 6.37. The summed E-state index contributed by atoms with van der Waals surface area (Å²) in [4.78, 5) is 22.2. The number of allylic oxidation sites excluding steroid dienone is 2. The SMILES string of the molecule is CC(=CCC[C@]1(C)CC[C@H]([C@@H](C)C(=O)O)OO1)CCC12OC1(C)CCCC2(C)C. The number of epoxide rings is 1. The van der Waals surface area contributed by atoms with Crippen LogP contribution < -0.4 is 0 Å². The minimum atomic E-state index is -0.836. The van der Waals surface area contributed by atoms with Gasteiger partial charge in [-0.3, -0.25) is 4.79 Å². The first-order valence-electron chi connectivity index (χ1n) is 11.4. The lowest BCUT2D eigenvalue weighted by Crippen LogP contribution is -2.42. The largest absolute Gasteiger partial charge is 0.481 e. The molecule has 5 heteroatoms. The predicted octanol–water partition coefficient (Wildman–Crippen LogP) is 5.82. The Morgan fingerprint density at radius 1 is 1.17 bits per heavy atom. The van der Waals surface area contributed by atoms with Crippen LogP contribution in [0.2, 0.25) is 0 Å². The maximum atomic E-state index is 11.1. The molecule has 0 aromatic rings. The molecule has 3 rings (SSSR count). The van der Waals surface area contributed by atoms with Gasteiger partial charge in [-0.1, -0.05) is 25.5 Å². The monoisotopic (exact) mass is 408 g/mol. The molecule has 29 heavy (non-hydrogen) atoms. The Labute approximate surface area is 176 Å². The first-order chi connectivity index (χ1) is 13.4. The van der Waals surface area contributed by atoms with E-state index in [4.69, 9.17) is 19.6 Å². The average molecular weight is 409 g/mol. The molecule has 0 spiro atoms. The molecule has 2 aliphatic heterocycles. The summed E-state index contributed by atoms with van der Waals surface area (Å²) >= 11 is 0. The van der Waals surface area contributed by atoms with E-state index in [0.29, 0.717) is 0 Å². The molecule has 2 heterocycles. The van der Waals surface area contributed by atoms with Crippen molar-refractivity contribution in [3.8, 4) is 0 Å². The van der Waals surface area contributed by atoms with Gasteiger partial charge in [0.15, 0.2) is 0 Å². The van der Waals surface area contributed by atoms with Gasteiger partial charge in [-0.05, 0) is 90.9 Å². The Balaban J connectivity index is 1.45. The van der Waals surface area contributed by atoms with Crippen LogP contribution in [0, 0.1) is 11.3 Å². The van der Waals surface area contributed by atoms with E-state index in [2.05, 4.69) is 40.7 Å². The normalized spacial score (nSPS) is 40.2. The number of rotatable bonds is 8. The number of hydrogen-bond acceptors (Lipinski definition) is 4. The number of hydrogen-bond donors (Lipinski definition) is 1. The van der Waals surface area contributed by atoms with Crippen molar-refractivity contribution in [1.82, 2.24) is 0 Å². The quantitative estimate of drug-likeness (QED) is 0.311. The fraction of sp³-hybridized carbons (Fsp3) is 0.875. The molecule has 3 fully saturated rings. The maximum Gasteiger partial charge on any atom is 0.308 e. The summed E-state index contributed by atoms with van der Waals surface area (Å²) in [6.07, 6.45) is 11.2. The lowest BCUT2D eigenvalue weighted by Gasteiger charge is -2.38. The zero-order valence-corrected chi connectivity index (χ0v) is 19.2.